The van der Waals surface area contributed by atoms with Crippen LogP contribution < -0.4 is 0 Å². The zero-order valence-electron chi connectivity index (χ0n) is 14.7. The Bertz CT molecular complexity index is 472. The van der Waals surface area contributed by atoms with Gasteiger partial charge < -0.3 is 10.2 Å². The highest BCUT2D eigenvalue weighted by Crippen LogP contribution is 2.72. The van der Waals surface area contributed by atoms with Gasteiger partial charge >= 0.3 is 0 Å². The predicted octanol–water partition coefficient (Wildman–Crippen LogP) is 4.14. The standard InChI is InChI=1S/C20H34O2/c1-17(13-21)7-4-8-18(2)15(17)6-10-20-9-5-14(11-16(18)20)19(3,22)12-20/h14-16,21-22H,4-13H2,1-3H3/t14-,15-,16+,17+,18-,19+,20-/m1/s1. The first-order valence-electron chi connectivity index (χ1n) is 9.59. The van der Waals surface area contributed by atoms with Crippen LogP contribution in [0.3, 0.4) is 0 Å². The number of aliphatic hydroxyl groups is 2. The SMILES string of the molecule is C[C@@]1(CO)CCC[C@]2(C)[C@@H]1CC[C@@]13CC[C@H](C[C@H]12)[C@@](C)(O)C3. The fourth-order valence-electron chi connectivity index (χ4n) is 8.01. The second-order valence-corrected chi connectivity index (χ2v) is 10.2. The van der Waals surface area contributed by atoms with E-state index < -0.39 is 5.60 Å². The number of hydrogen-bond acceptors (Lipinski definition) is 2. The van der Waals surface area contributed by atoms with Crippen LogP contribution in [-0.4, -0.2) is 22.4 Å². The lowest BCUT2D eigenvalue weighted by Gasteiger charge is -2.70. The zero-order chi connectivity index (χ0) is 15.8. The van der Waals surface area contributed by atoms with Crippen LogP contribution in [0.15, 0.2) is 0 Å². The van der Waals surface area contributed by atoms with E-state index in [0.717, 1.165) is 12.3 Å². The summed E-state index contributed by atoms with van der Waals surface area (Å²) in [6, 6.07) is 0. The Hall–Kier alpha value is -0.0800. The molecule has 0 unspecified atom stereocenters. The quantitative estimate of drug-likeness (QED) is 0.764. The molecule has 0 aromatic rings. The molecule has 0 aliphatic heterocycles. The molecule has 0 aromatic carbocycles. The molecule has 126 valence electrons. The van der Waals surface area contributed by atoms with Crippen molar-refractivity contribution in [2.24, 2.45) is 34.0 Å². The Labute approximate surface area is 135 Å². The van der Waals surface area contributed by atoms with Gasteiger partial charge in [0.05, 0.1) is 5.60 Å². The fourth-order valence-corrected chi connectivity index (χ4v) is 8.01. The summed E-state index contributed by atoms with van der Waals surface area (Å²) in [5.41, 5.74) is 0.501. The Morgan fingerprint density at radius 3 is 2.36 bits per heavy atom. The van der Waals surface area contributed by atoms with E-state index in [-0.39, 0.29) is 5.41 Å². The van der Waals surface area contributed by atoms with E-state index in [0.29, 0.717) is 29.3 Å². The van der Waals surface area contributed by atoms with E-state index in [4.69, 9.17) is 0 Å². The number of fused-ring (bicyclic) bond motifs is 3. The molecule has 0 saturated heterocycles. The van der Waals surface area contributed by atoms with E-state index >= 15 is 0 Å². The van der Waals surface area contributed by atoms with Gasteiger partial charge in [-0.3, -0.25) is 0 Å². The summed E-state index contributed by atoms with van der Waals surface area (Å²) in [7, 11) is 0. The number of rotatable bonds is 1. The molecule has 0 amide bonds. The summed E-state index contributed by atoms with van der Waals surface area (Å²) in [5.74, 6) is 1.97. The summed E-state index contributed by atoms with van der Waals surface area (Å²) in [4.78, 5) is 0. The minimum absolute atomic E-state index is 0.133. The lowest BCUT2D eigenvalue weighted by Crippen LogP contribution is -2.64. The van der Waals surface area contributed by atoms with Crippen molar-refractivity contribution in [2.75, 3.05) is 6.61 Å². The molecular weight excluding hydrogens is 272 g/mol. The summed E-state index contributed by atoms with van der Waals surface area (Å²) < 4.78 is 0. The summed E-state index contributed by atoms with van der Waals surface area (Å²) >= 11 is 0. The average Bonchev–Trinajstić information content (AvgIpc) is 2.45. The van der Waals surface area contributed by atoms with Crippen LogP contribution in [0, 0.1) is 34.0 Å². The molecule has 2 nitrogen and oxygen atoms in total. The lowest BCUT2D eigenvalue weighted by molar-refractivity contribution is -0.234. The minimum Gasteiger partial charge on any atom is -0.396 e. The highest BCUT2D eigenvalue weighted by molar-refractivity contribution is 5.15. The van der Waals surface area contributed by atoms with Gasteiger partial charge in [0.25, 0.3) is 0 Å². The second-order valence-electron chi connectivity index (χ2n) is 10.2. The molecule has 5 aliphatic rings. The van der Waals surface area contributed by atoms with Crippen LogP contribution in [0.1, 0.15) is 78.6 Å². The van der Waals surface area contributed by atoms with Crippen LogP contribution in [0.4, 0.5) is 0 Å². The molecule has 5 saturated carbocycles. The summed E-state index contributed by atoms with van der Waals surface area (Å²) in [6.07, 6.45) is 11.2. The highest BCUT2D eigenvalue weighted by Gasteiger charge is 2.66. The third kappa shape index (κ3) is 1.80. The van der Waals surface area contributed by atoms with E-state index in [1.165, 1.54) is 51.4 Å². The van der Waals surface area contributed by atoms with Gasteiger partial charge in [-0.1, -0.05) is 20.3 Å². The molecule has 1 spiro atoms. The molecule has 5 fully saturated rings. The molecule has 0 radical (unpaired) electrons. The first kappa shape index (κ1) is 15.4. The lowest BCUT2D eigenvalue weighted by atomic mass is 9.36. The number of hydrogen-bond donors (Lipinski definition) is 2. The monoisotopic (exact) mass is 306 g/mol. The molecule has 5 aliphatic carbocycles. The van der Waals surface area contributed by atoms with Gasteiger partial charge in [0.15, 0.2) is 0 Å². The van der Waals surface area contributed by atoms with Crippen LogP contribution in [0.2, 0.25) is 0 Å². The number of aliphatic hydroxyl groups excluding tert-OH is 1. The third-order valence-corrected chi connectivity index (χ3v) is 9.03. The second kappa shape index (κ2) is 4.51. The van der Waals surface area contributed by atoms with Gasteiger partial charge in [0.2, 0.25) is 0 Å². The molecule has 7 atom stereocenters. The average molecular weight is 306 g/mol. The predicted molar refractivity (Wildman–Crippen MR) is 88.4 cm³/mol. The molecule has 0 heterocycles. The van der Waals surface area contributed by atoms with Gasteiger partial charge in [-0.25, -0.2) is 0 Å². The maximum atomic E-state index is 10.9. The van der Waals surface area contributed by atoms with E-state index in [2.05, 4.69) is 20.8 Å². The first-order valence-corrected chi connectivity index (χ1v) is 9.59. The van der Waals surface area contributed by atoms with E-state index in [1.807, 2.05) is 0 Å². The normalized spacial score (nSPS) is 60.7. The van der Waals surface area contributed by atoms with Crippen molar-refractivity contribution in [2.45, 2.75) is 84.2 Å². The van der Waals surface area contributed by atoms with Crippen LogP contribution >= 0.6 is 0 Å². The van der Waals surface area contributed by atoms with Crippen molar-refractivity contribution in [1.29, 1.82) is 0 Å². The zero-order valence-corrected chi connectivity index (χ0v) is 14.7. The third-order valence-electron chi connectivity index (χ3n) is 9.03. The van der Waals surface area contributed by atoms with Gasteiger partial charge in [0.1, 0.15) is 0 Å². The molecular formula is C20H34O2. The van der Waals surface area contributed by atoms with Crippen LogP contribution in [-0.2, 0) is 0 Å². The Morgan fingerprint density at radius 2 is 1.68 bits per heavy atom. The summed E-state index contributed by atoms with van der Waals surface area (Å²) in [5, 5.41) is 21.0. The molecule has 22 heavy (non-hydrogen) atoms. The van der Waals surface area contributed by atoms with Crippen LogP contribution in [0.5, 0.6) is 0 Å². The van der Waals surface area contributed by atoms with Crippen molar-refractivity contribution in [3.8, 4) is 0 Å². The van der Waals surface area contributed by atoms with Gasteiger partial charge in [-0.2, -0.15) is 0 Å². The van der Waals surface area contributed by atoms with Gasteiger partial charge in [-0.05, 0) is 92.3 Å². The molecule has 2 bridgehead atoms. The minimum atomic E-state index is -0.424. The molecule has 5 rings (SSSR count). The molecule has 2 heteroatoms. The summed E-state index contributed by atoms with van der Waals surface area (Å²) in [6.45, 7) is 7.34. The maximum absolute atomic E-state index is 10.9. The van der Waals surface area contributed by atoms with Crippen LogP contribution in [0.25, 0.3) is 0 Å². The topological polar surface area (TPSA) is 40.5 Å². The van der Waals surface area contributed by atoms with Gasteiger partial charge in [-0.15, -0.1) is 0 Å². The smallest absolute Gasteiger partial charge is 0.0653 e. The maximum Gasteiger partial charge on any atom is 0.0653 e. The van der Waals surface area contributed by atoms with Crippen molar-refractivity contribution >= 4 is 0 Å². The van der Waals surface area contributed by atoms with E-state index in [1.54, 1.807) is 0 Å². The fraction of sp³-hybridized carbons (Fsp3) is 1.00. The van der Waals surface area contributed by atoms with E-state index in [9.17, 15) is 10.2 Å². The van der Waals surface area contributed by atoms with Crippen molar-refractivity contribution in [3.63, 3.8) is 0 Å². The van der Waals surface area contributed by atoms with Crippen molar-refractivity contribution < 1.29 is 10.2 Å². The molecule has 0 aromatic heterocycles. The van der Waals surface area contributed by atoms with Crippen molar-refractivity contribution in [3.05, 3.63) is 0 Å². The molecule has 2 N–H and O–H groups in total. The van der Waals surface area contributed by atoms with Crippen molar-refractivity contribution in [1.82, 2.24) is 0 Å². The van der Waals surface area contributed by atoms with Gasteiger partial charge in [0, 0.05) is 6.61 Å². The first-order chi connectivity index (χ1) is 10.3. The largest absolute Gasteiger partial charge is 0.396 e. The Kier molecular flexibility index (Phi) is 3.16. The Balaban J connectivity index is 1.73. The highest BCUT2D eigenvalue weighted by atomic mass is 16.3. The Morgan fingerprint density at radius 1 is 0.955 bits per heavy atom.